The topological polar surface area (TPSA) is 78.7 Å². The molecule has 4 aromatic rings. The zero-order chi connectivity index (χ0) is 28.9. The summed E-state index contributed by atoms with van der Waals surface area (Å²) < 4.78 is 11.8. The molecule has 1 saturated heterocycles. The molecular weight excluding hydrogens is 524 g/mol. The molecule has 2 aliphatic rings. The van der Waals surface area contributed by atoms with Gasteiger partial charge in [0.2, 0.25) is 5.91 Å². The maximum absolute atomic E-state index is 13.7. The Morgan fingerprint density at radius 2 is 1.86 bits per heavy atom. The van der Waals surface area contributed by atoms with E-state index < -0.39 is 0 Å². The average molecular weight is 559 g/mol. The van der Waals surface area contributed by atoms with Crippen LogP contribution in [0.25, 0.3) is 11.1 Å². The lowest BCUT2D eigenvalue weighted by Gasteiger charge is -2.39. The second-order valence-corrected chi connectivity index (χ2v) is 10.9. The molecule has 1 aromatic heterocycles. The smallest absolute Gasteiger partial charge is 0.240 e. The van der Waals surface area contributed by atoms with Gasteiger partial charge in [-0.15, -0.1) is 0 Å². The zero-order valence-electron chi connectivity index (χ0n) is 23.8. The van der Waals surface area contributed by atoms with E-state index in [9.17, 15) is 10.1 Å². The second kappa shape index (κ2) is 12.6. The van der Waals surface area contributed by atoms with E-state index in [0.29, 0.717) is 58.0 Å². The number of aromatic nitrogens is 1. The Morgan fingerprint density at radius 3 is 2.67 bits per heavy atom. The summed E-state index contributed by atoms with van der Waals surface area (Å²) in [5, 5.41) is 9.37. The third-order valence-corrected chi connectivity index (χ3v) is 8.25. The van der Waals surface area contributed by atoms with Crippen molar-refractivity contribution in [2.24, 2.45) is 0 Å². The van der Waals surface area contributed by atoms with Crippen LogP contribution in [-0.2, 0) is 35.6 Å². The van der Waals surface area contributed by atoms with Gasteiger partial charge in [-0.1, -0.05) is 54.6 Å². The van der Waals surface area contributed by atoms with E-state index in [1.165, 1.54) is 16.7 Å². The summed E-state index contributed by atoms with van der Waals surface area (Å²) in [6.07, 6.45) is 3.96. The largest absolute Gasteiger partial charge is 0.489 e. The van der Waals surface area contributed by atoms with E-state index in [4.69, 9.17) is 9.47 Å². The molecule has 7 nitrogen and oxygen atoms in total. The van der Waals surface area contributed by atoms with Crippen LogP contribution in [-0.4, -0.2) is 53.0 Å². The molecule has 3 aromatic carbocycles. The number of fused-ring (bicyclic) bond motifs is 1. The van der Waals surface area contributed by atoms with Gasteiger partial charge in [0.15, 0.2) is 0 Å². The van der Waals surface area contributed by atoms with Crippen molar-refractivity contribution in [2.45, 2.75) is 39.1 Å². The highest BCUT2D eigenvalue weighted by atomic mass is 16.5. The van der Waals surface area contributed by atoms with Crippen LogP contribution >= 0.6 is 0 Å². The van der Waals surface area contributed by atoms with Crippen LogP contribution in [0.2, 0.25) is 0 Å². The van der Waals surface area contributed by atoms with Gasteiger partial charge in [-0.25, -0.2) is 0 Å². The van der Waals surface area contributed by atoms with Gasteiger partial charge in [0.25, 0.3) is 0 Å². The first-order chi connectivity index (χ1) is 20.6. The number of nitrogens with zero attached hydrogens (tertiary/aromatic N) is 4. The third kappa shape index (κ3) is 6.06. The number of carbonyl (C=O) groups excluding carboxylic acids is 1. The van der Waals surface area contributed by atoms with E-state index >= 15 is 0 Å². The van der Waals surface area contributed by atoms with Gasteiger partial charge in [0, 0.05) is 38.6 Å². The first-order valence-corrected chi connectivity index (χ1v) is 14.4. The Balaban J connectivity index is 1.22. The molecule has 0 bridgehead atoms. The van der Waals surface area contributed by atoms with Gasteiger partial charge in [-0.3, -0.25) is 14.7 Å². The molecule has 1 amide bonds. The van der Waals surface area contributed by atoms with Gasteiger partial charge in [-0.05, 0) is 70.5 Å². The maximum atomic E-state index is 13.7. The number of pyridine rings is 1. The number of morpholine rings is 1. The molecule has 212 valence electrons. The molecule has 2 aliphatic heterocycles. The van der Waals surface area contributed by atoms with E-state index in [2.05, 4.69) is 77.5 Å². The van der Waals surface area contributed by atoms with Crippen molar-refractivity contribution in [3.8, 4) is 22.9 Å². The van der Waals surface area contributed by atoms with Crippen molar-refractivity contribution < 1.29 is 14.3 Å². The lowest BCUT2D eigenvalue weighted by molar-refractivity contribution is -0.142. The Morgan fingerprint density at radius 1 is 1.02 bits per heavy atom. The number of amides is 1. The Labute approximate surface area is 246 Å². The maximum Gasteiger partial charge on any atom is 0.240 e. The fraction of sp³-hybridized carbons (Fsp3) is 0.286. The van der Waals surface area contributed by atoms with E-state index in [0.717, 1.165) is 28.0 Å². The molecule has 1 atom stereocenters. The van der Waals surface area contributed by atoms with Crippen molar-refractivity contribution in [1.82, 2.24) is 14.8 Å². The van der Waals surface area contributed by atoms with Gasteiger partial charge in [0.05, 0.1) is 24.8 Å². The molecule has 0 unspecified atom stereocenters. The summed E-state index contributed by atoms with van der Waals surface area (Å²) in [4.78, 5) is 22.1. The molecule has 6 rings (SSSR count). The molecule has 42 heavy (non-hydrogen) atoms. The van der Waals surface area contributed by atoms with Gasteiger partial charge >= 0.3 is 0 Å². The number of nitriles is 1. The van der Waals surface area contributed by atoms with Crippen LogP contribution in [0, 0.1) is 18.3 Å². The highest BCUT2D eigenvalue weighted by Gasteiger charge is 2.35. The Hall–Kier alpha value is -4.51. The first-order valence-electron chi connectivity index (χ1n) is 14.4. The number of ether oxygens (including phenoxy) is 2. The van der Waals surface area contributed by atoms with E-state index in [-0.39, 0.29) is 11.9 Å². The van der Waals surface area contributed by atoms with Gasteiger partial charge in [-0.2, -0.15) is 5.26 Å². The minimum Gasteiger partial charge on any atom is -0.489 e. The fourth-order valence-corrected chi connectivity index (χ4v) is 5.91. The predicted octanol–water partition coefficient (Wildman–Crippen LogP) is 5.29. The van der Waals surface area contributed by atoms with Crippen LogP contribution in [0.3, 0.4) is 0 Å². The Bertz CT molecular complexity index is 1610. The van der Waals surface area contributed by atoms with Crippen LogP contribution < -0.4 is 4.74 Å². The highest BCUT2D eigenvalue weighted by Crippen LogP contribution is 2.31. The molecule has 0 N–H and O–H groups in total. The summed E-state index contributed by atoms with van der Waals surface area (Å²) >= 11 is 0. The number of hydrogen-bond donors (Lipinski definition) is 0. The van der Waals surface area contributed by atoms with Gasteiger partial charge < -0.3 is 14.4 Å². The standard InChI is InChI=1S/C35H34N4O3/c1-25-30(8-5-9-33(25)28-6-3-2-4-7-28)24-42-32-11-10-29-18-34(35(40)38-12-14-41-15-13-38)39(23-31(29)17-32)22-27-16-26(19-36)20-37-21-27/h2-11,16-17,20-21,34H,12-15,18,22-24H2,1H3/t34-/m0/s1. The molecule has 1 fully saturated rings. The molecule has 0 saturated carbocycles. The lowest BCUT2D eigenvalue weighted by atomic mass is 9.92. The summed E-state index contributed by atoms with van der Waals surface area (Å²) in [6.45, 7) is 6.10. The number of hydrogen-bond acceptors (Lipinski definition) is 6. The van der Waals surface area contributed by atoms with Crippen LogP contribution in [0.5, 0.6) is 5.75 Å². The molecule has 0 spiro atoms. The lowest BCUT2D eigenvalue weighted by Crippen LogP contribution is -2.53. The fourth-order valence-electron chi connectivity index (χ4n) is 5.91. The molecule has 3 heterocycles. The summed E-state index contributed by atoms with van der Waals surface area (Å²) in [5.41, 5.74) is 8.52. The van der Waals surface area contributed by atoms with E-state index in [1.807, 2.05) is 23.1 Å². The second-order valence-electron chi connectivity index (χ2n) is 10.9. The van der Waals surface area contributed by atoms with Crippen LogP contribution in [0.15, 0.2) is 85.2 Å². The number of carbonyl (C=O) groups is 1. The molecule has 0 aliphatic carbocycles. The molecule has 0 radical (unpaired) electrons. The van der Waals surface area contributed by atoms with Crippen molar-refractivity contribution in [1.29, 1.82) is 5.26 Å². The van der Waals surface area contributed by atoms with Gasteiger partial charge in [0.1, 0.15) is 18.4 Å². The minimum atomic E-state index is -0.295. The van der Waals surface area contributed by atoms with Crippen molar-refractivity contribution >= 4 is 5.91 Å². The van der Waals surface area contributed by atoms with Crippen molar-refractivity contribution in [3.63, 3.8) is 0 Å². The quantitative estimate of drug-likeness (QED) is 0.307. The molecular formula is C35H34N4O3. The van der Waals surface area contributed by atoms with Crippen molar-refractivity contribution in [3.05, 3.63) is 119 Å². The predicted molar refractivity (Wildman–Crippen MR) is 160 cm³/mol. The zero-order valence-corrected chi connectivity index (χ0v) is 23.8. The number of benzene rings is 3. The Kier molecular flexibility index (Phi) is 8.27. The summed E-state index contributed by atoms with van der Waals surface area (Å²) in [5.74, 6) is 0.937. The monoisotopic (exact) mass is 558 g/mol. The summed E-state index contributed by atoms with van der Waals surface area (Å²) in [6, 6.07) is 26.7. The third-order valence-electron chi connectivity index (χ3n) is 8.25. The van der Waals surface area contributed by atoms with Crippen LogP contribution in [0.1, 0.15) is 33.4 Å². The first kappa shape index (κ1) is 27.6. The summed E-state index contributed by atoms with van der Waals surface area (Å²) in [7, 11) is 0. The van der Waals surface area contributed by atoms with E-state index in [1.54, 1.807) is 12.4 Å². The normalized spacial score (nSPS) is 16.9. The SMILES string of the molecule is Cc1c(COc2ccc3c(c2)CN(Cc2cncc(C#N)c2)[C@H](C(=O)N2CCOCC2)C3)cccc1-c1ccccc1. The minimum absolute atomic E-state index is 0.127. The van der Waals surface area contributed by atoms with Crippen molar-refractivity contribution in [2.75, 3.05) is 26.3 Å². The molecule has 7 heteroatoms. The average Bonchev–Trinajstić information content (AvgIpc) is 3.04. The highest BCUT2D eigenvalue weighted by molar-refractivity contribution is 5.82. The number of rotatable bonds is 7. The van der Waals surface area contributed by atoms with Crippen LogP contribution in [0.4, 0.5) is 0 Å².